The van der Waals surface area contributed by atoms with E-state index in [9.17, 15) is 17.6 Å². The Morgan fingerprint density at radius 3 is 2.38 bits per heavy atom. The highest BCUT2D eigenvalue weighted by Crippen LogP contribution is 2.25. The Hall–Kier alpha value is -2.74. The van der Waals surface area contributed by atoms with E-state index in [1.807, 2.05) is 30.3 Å². The van der Waals surface area contributed by atoms with Crippen LogP contribution in [0.25, 0.3) is 0 Å². The number of halogens is 2. The van der Waals surface area contributed by atoms with Crippen molar-refractivity contribution in [2.24, 2.45) is 0 Å². The van der Waals surface area contributed by atoms with Gasteiger partial charge in [-0.15, -0.1) is 0 Å². The third-order valence-electron chi connectivity index (χ3n) is 4.26. The van der Waals surface area contributed by atoms with E-state index in [0.29, 0.717) is 0 Å². The van der Waals surface area contributed by atoms with Crippen molar-refractivity contribution in [1.29, 1.82) is 0 Å². The average molecular weight is 433 g/mol. The van der Waals surface area contributed by atoms with Crippen LogP contribution in [-0.4, -0.2) is 25.7 Å². The maximum atomic E-state index is 13.8. The molecule has 0 aromatic heterocycles. The van der Waals surface area contributed by atoms with Crippen LogP contribution in [-0.2, 0) is 16.6 Å². The van der Waals surface area contributed by atoms with Gasteiger partial charge >= 0.3 is 0 Å². The molecule has 0 unspecified atom stereocenters. The third-order valence-corrected chi connectivity index (χ3v) is 6.39. The minimum atomic E-state index is -3.87. The normalized spacial score (nSPS) is 11.4. The van der Waals surface area contributed by atoms with Gasteiger partial charge in [-0.3, -0.25) is 4.79 Å². The van der Waals surface area contributed by atoms with Crippen LogP contribution in [0.3, 0.4) is 0 Å². The van der Waals surface area contributed by atoms with E-state index in [1.165, 1.54) is 47.8 Å². The fourth-order valence-electron chi connectivity index (χ4n) is 2.70. The van der Waals surface area contributed by atoms with Crippen LogP contribution in [0, 0.1) is 5.82 Å². The fraction of sp³-hybridized carbons (Fsp3) is 0.0952. The number of sulfonamides is 1. The second kappa shape index (κ2) is 8.73. The second-order valence-electron chi connectivity index (χ2n) is 6.32. The Balaban J connectivity index is 1.87. The Morgan fingerprint density at radius 2 is 1.69 bits per heavy atom. The molecule has 0 radical (unpaired) electrons. The molecule has 3 aromatic rings. The zero-order valence-electron chi connectivity index (χ0n) is 15.5. The molecule has 0 fully saturated rings. The second-order valence-corrected chi connectivity index (χ2v) is 8.77. The number of hydrogen-bond donors (Lipinski definition) is 1. The molecule has 3 rings (SSSR count). The molecule has 8 heteroatoms. The Bertz CT molecular complexity index is 1140. The van der Waals surface area contributed by atoms with Crippen LogP contribution >= 0.6 is 11.6 Å². The van der Waals surface area contributed by atoms with Gasteiger partial charge in [-0.2, -0.15) is 4.31 Å². The topological polar surface area (TPSA) is 66.5 Å². The van der Waals surface area contributed by atoms with Crippen LogP contribution in [0.2, 0.25) is 5.02 Å². The number of benzene rings is 3. The van der Waals surface area contributed by atoms with Crippen LogP contribution in [0.15, 0.2) is 77.7 Å². The summed E-state index contributed by atoms with van der Waals surface area (Å²) in [6.07, 6.45) is 0. The number of para-hydroxylation sites is 1. The fourth-order valence-corrected chi connectivity index (χ4v) is 4.09. The molecule has 29 heavy (non-hydrogen) atoms. The number of rotatable bonds is 6. The molecular weight excluding hydrogens is 415 g/mol. The van der Waals surface area contributed by atoms with Gasteiger partial charge in [0.1, 0.15) is 5.82 Å². The summed E-state index contributed by atoms with van der Waals surface area (Å²) >= 11 is 6.09. The van der Waals surface area contributed by atoms with Crippen molar-refractivity contribution in [3.8, 4) is 0 Å². The maximum Gasteiger partial charge on any atom is 0.257 e. The number of nitrogens with zero attached hydrogens (tertiary/aromatic N) is 1. The molecule has 150 valence electrons. The van der Waals surface area contributed by atoms with Crippen LogP contribution in [0.4, 0.5) is 10.1 Å². The van der Waals surface area contributed by atoms with Crippen molar-refractivity contribution in [1.82, 2.24) is 4.31 Å². The molecule has 3 aromatic carbocycles. The van der Waals surface area contributed by atoms with Crippen molar-refractivity contribution in [3.05, 3.63) is 94.8 Å². The molecular formula is C21H18ClFN2O3S. The number of hydrogen-bond acceptors (Lipinski definition) is 3. The minimum Gasteiger partial charge on any atom is -0.319 e. The standard InChI is InChI=1S/C21H18ClFN2O3S/c1-25(14-15-7-3-2-4-8-15)29(27,28)16-11-12-18(22)17(13-16)21(26)24-20-10-6-5-9-19(20)23/h2-13H,14H2,1H3,(H,24,26). The lowest BCUT2D eigenvalue weighted by Crippen LogP contribution is -2.27. The average Bonchev–Trinajstić information content (AvgIpc) is 2.70. The monoisotopic (exact) mass is 432 g/mol. The molecule has 0 atom stereocenters. The van der Waals surface area contributed by atoms with Gasteiger partial charge in [0.2, 0.25) is 10.0 Å². The van der Waals surface area contributed by atoms with Gasteiger partial charge in [-0.25, -0.2) is 12.8 Å². The number of carbonyl (C=O) groups is 1. The lowest BCUT2D eigenvalue weighted by atomic mass is 10.2. The molecule has 0 bridgehead atoms. The summed E-state index contributed by atoms with van der Waals surface area (Å²) in [5.74, 6) is -1.31. The smallest absolute Gasteiger partial charge is 0.257 e. The zero-order valence-corrected chi connectivity index (χ0v) is 17.0. The number of carbonyl (C=O) groups excluding carboxylic acids is 1. The molecule has 5 nitrogen and oxygen atoms in total. The third kappa shape index (κ3) is 4.82. The van der Waals surface area contributed by atoms with E-state index in [2.05, 4.69) is 5.32 Å². The van der Waals surface area contributed by atoms with Crippen molar-refractivity contribution in [3.63, 3.8) is 0 Å². The van der Waals surface area contributed by atoms with Gasteiger partial charge in [-0.1, -0.05) is 54.1 Å². The van der Waals surface area contributed by atoms with Crippen LogP contribution < -0.4 is 5.32 Å². The molecule has 0 spiro atoms. The highest BCUT2D eigenvalue weighted by molar-refractivity contribution is 7.89. The first-order chi connectivity index (χ1) is 13.8. The predicted molar refractivity (Wildman–Crippen MR) is 111 cm³/mol. The zero-order chi connectivity index (χ0) is 21.0. The van der Waals surface area contributed by atoms with Crippen molar-refractivity contribution < 1.29 is 17.6 Å². The Kier molecular flexibility index (Phi) is 6.32. The van der Waals surface area contributed by atoms with Crippen molar-refractivity contribution in [2.45, 2.75) is 11.4 Å². The molecule has 1 amide bonds. The van der Waals surface area contributed by atoms with Gasteiger partial charge in [0, 0.05) is 13.6 Å². The summed E-state index contributed by atoms with van der Waals surface area (Å²) < 4.78 is 40.8. The summed E-state index contributed by atoms with van der Waals surface area (Å²) in [6.45, 7) is 0.169. The van der Waals surface area contributed by atoms with E-state index >= 15 is 0 Å². The van der Waals surface area contributed by atoms with Crippen LogP contribution in [0.5, 0.6) is 0 Å². The van der Waals surface area contributed by atoms with Gasteiger partial charge in [0.15, 0.2) is 0 Å². The molecule has 0 heterocycles. The van der Waals surface area contributed by atoms with E-state index in [-0.39, 0.29) is 27.7 Å². The van der Waals surface area contributed by atoms with Gasteiger partial charge in [-0.05, 0) is 35.9 Å². The highest BCUT2D eigenvalue weighted by atomic mass is 35.5. The summed E-state index contributed by atoms with van der Waals surface area (Å²) in [5, 5.41) is 2.47. The Labute approximate surface area is 173 Å². The summed E-state index contributed by atoms with van der Waals surface area (Å²) in [5.41, 5.74) is 0.734. The predicted octanol–water partition coefficient (Wildman–Crippen LogP) is 4.55. The molecule has 0 aliphatic heterocycles. The SMILES string of the molecule is CN(Cc1ccccc1)S(=O)(=O)c1ccc(Cl)c(C(=O)Nc2ccccc2F)c1. The summed E-state index contributed by atoms with van der Waals surface area (Å²) in [4.78, 5) is 12.5. The molecule has 0 saturated heterocycles. The first-order valence-corrected chi connectivity index (χ1v) is 10.5. The Morgan fingerprint density at radius 1 is 1.03 bits per heavy atom. The van der Waals surface area contributed by atoms with E-state index in [0.717, 1.165) is 5.56 Å². The molecule has 0 aliphatic rings. The summed E-state index contributed by atoms with van der Waals surface area (Å²) in [7, 11) is -2.42. The highest BCUT2D eigenvalue weighted by Gasteiger charge is 2.23. The lowest BCUT2D eigenvalue weighted by Gasteiger charge is -2.18. The lowest BCUT2D eigenvalue weighted by molar-refractivity contribution is 0.102. The first kappa shape index (κ1) is 21.0. The minimum absolute atomic E-state index is 0.0250. The van der Waals surface area contributed by atoms with Gasteiger partial charge in [0.05, 0.1) is 21.2 Å². The molecule has 0 saturated carbocycles. The van der Waals surface area contributed by atoms with Gasteiger partial charge in [0.25, 0.3) is 5.91 Å². The van der Waals surface area contributed by atoms with Crippen molar-refractivity contribution in [2.75, 3.05) is 12.4 Å². The van der Waals surface area contributed by atoms with E-state index in [1.54, 1.807) is 6.07 Å². The largest absolute Gasteiger partial charge is 0.319 e. The quantitative estimate of drug-likeness (QED) is 0.621. The van der Waals surface area contributed by atoms with Crippen molar-refractivity contribution >= 4 is 33.2 Å². The van der Waals surface area contributed by atoms with Gasteiger partial charge < -0.3 is 5.32 Å². The number of amides is 1. The van der Waals surface area contributed by atoms with E-state index in [4.69, 9.17) is 11.6 Å². The summed E-state index contributed by atoms with van der Waals surface area (Å²) in [6, 6.07) is 18.7. The van der Waals surface area contributed by atoms with Crippen LogP contribution in [0.1, 0.15) is 15.9 Å². The number of anilines is 1. The van der Waals surface area contributed by atoms with E-state index < -0.39 is 21.7 Å². The first-order valence-electron chi connectivity index (χ1n) is 8.65. The molecule has 0 aliphatic carbocycles. The maximum absolute atomic E-state index is 13.8. The molecule has 1 N–H and O–H groups in total. The number of nitrogens with one attached hydrogen (secondary N) is 1.